The highest BCUT2D eigenvalue weighted by Crippen LogP contribution is 2.31. The number of nitrogens with one attached hydrogen (secondary N) is 2. The molecular formula is C28H29ClN4O3. The minimum atomic E-state index is -0.251. The van der Waals surface area contributed by atoms with Gasteiger partial charge in [0.15, 0.2) is 0 Å². The quantitative estimate of drug-likeness (QED) is 0.482. The molecule has 0 aromatic heterocycles. The number of hydrogen-bond acceptors (Lipinski definition) is 5. The maximum absolute atomic E-state index is 13.2. The molecule has 0 atom stereocenters. The van der Waals surface area contributed by atoms with Crippen LogP contribution in [-0.2, 0) is 0 Å². The topological polar surface area (TPSA) is 73.9 Å². The van der Waals surface area contributed by atoms with Crippen molar-refractivity contribution in [3.63, 3.8) is 0 Å². The van der Waals surface area contributed by atoms with Gasteiger partial charge < -0.3 is 25.2 Å². The number of para-hydroxylation sites is 2. The predicted molar refractivity (Wildman–Crippen MR) is 144 cm³/mol. The summed E-state index contributed by atoms with van der Waals surface area (Å²) in [6, 6.07) is 20.5. The molecular weight excluding hydrogens is 476 g/mol. The van der Waals surface area contributed by atoms with Crippen LogP contribution in [0.3, 0.4) is 0 Å². The Morgan fingerprint density at radius 2 is 1.53 bits per heavy atom. The van der Waals surface area contributed by atoms with Gasteiger partial charge in [-0.15, -0.1) is 0 Å². The summed E-state index contributed by atoms with van der Waals surface area (Å²) in [6.07, 6.45) is 2.01. The smallest absolute Gasteiger partial charge is 0.255 e. The van der Waals surface area contributed by atoms with Crippen molar-refractivity contribution in [1.82, 2.24) is 5.32 Å². The number of ether oxygens (including phenoxy) is 1. The van der Waals surface area contributed by atoms with Crippen molar-refractivity contribution >= 4 is 40.5 Å². The van der Waals surface area contributed by atoms with Crippen LogP contribution in [0.4, 0.5) is 17.1 Å². The van der Waals surface area contributed by atoms with Crippen molar-refractivity contribution in [3.05, 3.63) is 82.9 Å². The van der Waals surface area contributed by atoms with E-state index >= 15 is 0 Å². The molecule has 1 saturated heterocycles. The molecule has 0 radical (unpaired) electrons. The van der Waals surface area contributed by atoms with Gasteiger partial charge in [-0.05, 0) is 67.4 Å². The second-order valence-electron chi connectivity index (χ2n) is 9.09. The van der Waals surface area contributed by atoms with Crippen molar-refractivity contribution in [2.75, 3.05) is 48.4 Å². The predicted octanol–water partition coefficient (Wildman–Crippen LogP) is 4.82. The number of rotatable bonds is 7. The number of methoxy groups -OCH3 is 1. The van der Waals surface area contributed by atoms with Crippen molar-refractivity contribution in [3.8, 4) is 5.75 Å². The second-order valence-corrected chi connectivity index (χ2v) is 9.52. The molecule has 3 aromatic rings. The third kappa shape index (κ3) is 5.41. The Morgan fingerprint density at radius 1 is 0.861 bits per heavy atom. The van der Waals surface area contributed by atoms with Gasteiger partial charge in [0.1, 0.15) is 5.75 Å². The van der Waals surface area contributed by atoms with E-state index < -0.39 is 0 Å². The van der Waals surface area contributed by atoms with Gasteiger partial charge in [0.05, 0.1) is 18.4 Å². The number of hydrogen-bond donors (Lipinski definition) is 2. The van der Waals surface area contributed by atoms with Gasteiger partial charge in [0.2, 0.25) is 0 Å². The van der Waals surface area contributed by atoms with Crippen LogP contribution in [-0.4, -0.2) is 51.1 Å². The molecule has 1 aliphatic heterocycles. The summed E-state index contributed by atoms with van der Waals surface area (Å²) in [5.74, 6) is 0.497. The number of carbonyl (C=O) groups excluding carboxylic acids is 2. The first-order valence-electron chi connectivity index (χ1n) is 12.2. The number of benzene rings is 3. The van der Waals surface area contributed by atoms with Gasteiger partial charge in [-0.3, -0.25) is 9.59 Å². The molecule has 1 heterocycles. The maximum atomic E-state index is 13.2. The number of piperazine rings is 1. The van der Waals surface area contributed by atoms with E-state index in [2.05, 4.69) is 26.5 Å². The van der Waals surface area contributed by atoms with Crippen LogP contribution in [0.25, 0.3) is 0 Å². The van der Waals surface area contributed by atoms with Gasteiger partial charge >= 0.3 is 0 Å². The molecule has 186 valence electrons. The normalized spacial score (nSPS) is 15.4. The SMILES string of the molecule is COc1ccccc1N1CCN(c2ccc(NC(=O)c3ccc(Cl)cc3)cc2C(=O)NC2CC2)CC1. The van der Waals surface area contributed by atoms with Crippen LogP contribution in [0.5, 0.6) is 5.75 Å². The van der Waals surface area contributed by atoms with E-state index in [1.165, 1.54) is 0 Å². The van der Waals surface area contributed by atoms with Gasteiger partial charge in [-0.25, -0.2) is 0 Å². The average molecular weight is 505 g/mol. The molecule has 3 aromatic carbocycles. The lowest BCUT2D eigenvalue weighted by atomic mass is 10.1. The third-order valence-electron chi connectivity index (χ3n) is 6.56. The molecule has 2 aliphatic rings. The van der Waals surface area contributed by atoms with E-state index in [9.17, 15) is 9.59 Å². The highest BCUT2D eigenvalue weighted by molar-refractivity contribution is 6.30. The zero-order valence-corrected chi connectivity index (χ0v) is 20.9. The highest BCUT2D eigenvalue weighted by atomic mass is 35.5. The van der Waals surface area contributed by atoms with Gasteiger partial charge in [0.25, 0.3) is 11.8 Å². The van der Waals surface area contributed by atoms with E-state index in [0.29, 0.717) is 21.8 Å². The van der Waals surface area contributed by atoms with Crippen molar-refractivity contribution < 1.29 is 14.3 Å². The van der Waals surface area contributed by atoms with E-state index in [4.69, 9.17) is 16.3 Å². The van der Waals surface area contributed by atoms with Crippen LogP contribution in [0.1, 0.15) is 33.6 Å². The third-order valence-corrected chi connectivity index (χ3v) is 6.82. The highest BCUT2D eigenvalue weighted by Gasteiger charge is 2.28. The number of amides is 2. The Morgan fingerprint density at radius 3 is 2.19 bits per heavy atom. The fourth-order valence-electron chi connectivity index (χ4n) is 4.45. The summed E-state index contributed by atoms with van der Waals surface area (Å²) in [4.78, 5) is 30.4. The molecule has 5 rings (SSSR count). The van der Waals surface area contributed by atoms with Crippen LogP contribution >= 0.6 is 11.6 Å². The molecule has 7 nitrogen and oxygen atoms in total. The molecule has 8 heteroatoms. The van der Waals surface area contributed by atoms with Gasteiger partial charge in [-0.1, -0.05) is 23.7 Å². The summed E-state index contributed by atoms with van der Waals surface area (Å²) in [5.41, 5.74) is 3.60. The summed E-state index contributed by atoms with van der Waals surface area (Å²) < 4.78 is 5.54. The largest absolute Gasteiger partial charge is 0.495 e. The van der Waals surface area contributed by atoms with Crippen LogP contribution in [0.15, 0.2) is 66.7 Å². The molecule has 2 N–H and O–H groups in total. The lowest BCUT2D eigenvalue weighted by Gasteiger charge is -2.38. The Bertz CT molecular complexity index is 1250. The number of anilines is 3. The van der Waals surface area contributed by atoms with Crippen LogP contribution in [0, 0.1) is 0 Å². The molecule has 36 heavy (non-hydrogen) atoms. The van der Waals surface area contributed by atoms with Crippen LogP contribution in [0.2, 0.25) is 5.02 Å². The van der Waals surface area contributed by atoms with E-state index in [-0.39, 0.29) is 17.9 Å². The fourth-order valence-corrected chi connectivity index (χ4v) is 4.57. The average Bonchev–Trinajstić information content (AvgIpc) is 3.73. The molecule has 1 saturated carbocycles. The Kier molecular flexibility index (Phi) is 7.00. The number of nitrogens with zero attached hydrogens (tertiary/aromatic N) is 2. The minimum Gasteiger partial charge on any atom is -0.495 e. The zero-order chi connectivity index (χ0) is 25.1. The lowest BCUT2D eigenvalue weighted by molar-refractivity contribution is 0.0950. The summed E-state index contributed by atoms with van der Waals surface area (Å²) >= 11 is 5.94. The second kappa shape index (κ2) is 10.5. The zero-order valence-electron chi connectivity index (χ0n) is 20.2. The molecule has 1 aliphatic carbocycles. The van der Waals surface area contributed by atoms with E-state index in [0.717, 1.165) is 56.1 Å². The van der Waals surface area contributed by atoms with Crippen LogP contribution < -0.4 is 25.2 Å². The Labute approximate surface area is 216 Å². The van der Waals surface area contributed by atoms with Crippen molar-refractivity contribution in [1.29, 1.82) is 0 Å². The number of halogens is 1. The van der Waals surface area contributed by atoms with Gasteiger partial charge in [0, 0.05) is 54.2 Å². The molecule has 2 amide bonds. The monoisotopic (exact) mass is 504 g/mol. The van der Waals surface area contributed by atoms with E-state index in [1.54, 1.807) is 37.4 Å². The molecule has 0 bridgehead atoms. The van der Waals surface area contributed by atoms with Gasteiger partial charge in [-0.2, -0.15) is 0 Å². The number of carbonyl (C=O) groups is 2. The molecule has 0 unspecified atom stereocenters. The molecule has 2 fully saturated rings. The van der Waals surface area contributed by atoms with Crippen molar-refractivity contribution in [2.24, 2.45) is 0 Å². The summed E-state index contributed by atoms with van der Waals surface area (Å²) in [6.45, 7) is 3.13. The first kappa shape index (κ1) is 24.0. The van der Waals surface area contributed by atoms with E-state index in [1.807, 2.05) is 30.3 Å². The standard InChI is InChI=1S/C28H29ClN4O3/c1-36-26-5-3-2-4-25(26)33-16-14-32(15-17-33)24-13-12-22(18-23(24)28(35)30-21-10-11-21)31-27(34)19-6-8-20(29)9-7-19/h2-9,12-13,18,21H,10-11,14-17H2,1H3,(H,30,35)(H,31,34). The molecule has 0 spiro atoms. The first-order chi connectivity index (χ1) is 17.5. The Balaban J connectivity index is 1.34. The summed E-state index contributed by atoms with van der Waals surface area (Å²) in [5, 5.41) is 6.58. The minimum absolute atomic E-state index is 0.109. The fraction of sp³-hybridized carbons (Fsp3) is 0.286. The Hall–Kier alpha value is -3.71. The first-order valence-corrected chi connectivity index (χ1v) is 12.5. The maximum Gasteiger partial charge on any atom is 0.255 e. The summed E-state index contributed by atoms with van der Waals surface area (Å²) in [7, 11) is 1.69. The van der Waals surface area contributed by atoms with Crippen molar-refractivity contribution in [2.45, 2.75) is 18.9 Å². The lowest BCUT2D eigenvalue weighted by Crippen LogP contribution is -2.47.